The Morgan fingerprint density at radius 2 is 0.845 bits per heavy atom. The fraction of sp³-hybridized carbons (Fsp3) is 0.0317. The smallest absolute Gasteiger partial charge is 0.164 e. The highest BCUT2D eigenvalue weighted by Crippen LogP contribution is 2.63. The van der Waals surface area contributed by atoms with E-state index in [0.29, 0.717) is 46.3 Å². The molecule has 1 aliphatic carbocycles. The van der Waals surface area contributed by atoms with Gasteiger partial charge in [0.25, 0.3) is 0 Å². The first-order valence-corrected chi connectivity index (χ1v) is 23.5. The molecule has 13 rings (SSSR count). The number of aromatic nitrogens is 6. The molecule has 0 saturated carbocycles. The molecular weight excluding hydrogens is 871 g/mol. The normalized spacial score (nSPS) is 13.9. The molecule has 0 fully saturated rings. The van der Waals surface area contributed by atoms with Crippen LogP contribution in [0.5, 0.6) is 11.5 Å². The van der Waals surface area contributed by atoms with Crippen LogP contribution in [0.25, 0.3) is 90.6 Å². The summed E-state index contributed by atoms with van der Waals surface area (Å²) in [6.07, 6.45) is 0. The Hall–Kier alpha value is -9.71. The predicted molar refractivity (Wildman–Crippen MR) is 278 cm³/mol. The van der Waals surface area contributed by atoms with Crippen molar-refractivity contribution < 1.29 is 4.74 Å². The maximum Gasteiger partial charge on any atom is 0.164 e. The van der Waals surface area contributed by atoms with E-state index >= 15 is 0 Å². The van der Waals surface area contributed by atoms with Gasteiger partial charge in [-0.2, -0.15) is 5.26 Å². The lowest BCUT2D eigenvalue weighted by Gasteiger charge is -2.39. The SMILES string of the molecule is Cc1ccc2c(c1)C1(c3ccccc3Oc3cc(-c4nc(-c5ccccc5)nc(-c5cccc(-c6ccc(C#N)cc6)c5)n4)ccc31)c1cccc(-c3nc(-c4ccccc4)nc(-c4ccccc4)n3)c1-2. The van der Waals surface area contributed by atoms with Crippen molar-refractivity contribution in [3.8, 4) is 108 Å². The minimum absolute atomic E-state index is 0.514. The molecule has 3 heterocycles. The van der Waals surface area contributed by atoms with E-state index in [1.54, 1.807) is 0 Å². The van der Waals surface area contributed by atoms with Gasteiger partial charge in [-0.3, -0.25) is 0 Å². The molecule has 8 nitrogen and oxygen atoms in total. The van der Waals surface area contributed by atoms with Gasteiger partial charge in [0.2, 0.25) is 0 Å². The molecule has 1 aliphatic heterocycles. The van der Waals surface area contributed by atoms with Crippen molar-refractivity contribution in [3.05, 3.63) is 252 Å². The van der Waals surface area contributed by atoms with E-state index in [1.807, 2.05) is 133 Å². The Kier molecular flexibility index (Phi) is 9.82. The van der Waals surface area contributed by atoms with Crippen molar-refractivity contribution in [2.24, 2.45) is 0 Å². The van der Waals surface area contributed by atoms with Crippen molar-refractivity contribution in [1.29, 1.82) is 5.26 Å². The first-order chi connectivity index (χ1) is 35.0. The maximum atomic E-state index is 9.42. The van der Waals surface area contributed by atoms with E-state index in [0.717, 1.165) is 89.2 Å². The van der Waals surface area contributed by atoms with E-state index in [-0.39, 0.29) is 0 Å². The Morgan fingerprint density at radius 1 is 0.352 bits per heavy atom. The number of para-hydroxylation sites is 1. The van der Waals surface area contributed by atoms with E-state index in [2.05, 4.69) is 97.9 Å². The van der Waals surface area contributed by atoms with Crippen LogP contribution < -0.4 is 4.74 Å². The molecule has 1 spiro atoms. The molecule has 0 amide bonds. The third kappa shape index (κ3) is 6.98. The minimum atomic E-state index is -0.779. The van der Waals surface area contributed by atoms with Crippen molar-refractivity contribution >= 4 is 0 Å². The highest BCUT2D eigenvalue weighted by molar-refractivity contribution is 5.96. The molecular formula is C63H39N7O. The van der Waals surface area contributed by atoms with Crippen LogP contribution in [0.15, 0.2) is 218 Å². The van der Waals surface area contributed by atoms with Gasteiger partial charge in [-0.15, -0.1) is 0 Å². The summed E-state index contributed by atoms with van der Waals surface area (Å²) in [5, 5.41) is 9.42. The van der Waals surface area contributed by atoms with Crippen LogP contribution in [-0.2, 0) is 5.41 Å². The fourth-order valence-electron chi connectivity index (χ4n) is 10.3. The Bertz CT molecular complexity index is 3870. The summed E-state index contributed by atoms with van der Waals surface area (Å²) in [5.41, 5.74) is 14.7. The standard InChI is InChI=1S/C63H39N7O/c1-39-27-33-48-53(35-39)63(52-25-14-23-49(56(48)52)62-69-58(43-17-7-3-8-18-43)65-59(70-62)44-19-9-4-10-20-44)50-24-11-12-26-54(50)71-55-37-47(32-34-51(55)63)61-67-57(42-15-5-2-6-16-42)66-60(68-61)46-22-13-21-45(36-46)41-30-28-40(38-64)29-31-41/h2-37H,1H3. The number of fused-ring (bicyclic) bond motifs is 9. The largest absolute Gasteiger partial charge is 0.457 e. The molecule has 1 atom stereocenters. The second-order valence-electron chi connectivity index (χ2n) is 17.8. The number of nitrogens with zero attached hydrogens (tertiary/aromatic N) is 7. The molecule has 0 N–H and O–H groups in total. The Labute approximate surface area is 410 Å². The van der Waals surface area contributed by atoms with Gasteiger partial charge < -0.3 is 4.74 Å². The summed E-state index contributed by atoms with van der Waals surface area (Å²) < 4.78 is 7.02. The zero-order chi connectivity index (χ0) is 47.5. The molecule has 2 aliphatic rings. The fourth-order valence-corrected chi connectivity index (χ4v) is 10.3. The molecule has 0 saturated heterocycles. The van der Waals surface area contributed by atoms with Crippen molar-refractivity contribution in [2.45, 2.75) is 12.3 Å². The zero-order valence-electron chi connectivity index (χ0n) is 38.3. The number of rotatable bonds is 7. The molecule has 1 unspecified atom stereocenters. The van der Waals surface area contributed by atoms with Crippen LogP contribution in [0.3, 0.4) is 0 Å². The second-order valence-corrected chi connectivity index (χ2v) is 17.8. The van der Waals surface area contributed by atoms with E-state index in [9.17, 15) is 5.26 Å². The quantitative estimate of drug-likeness (QED) is 0.155. The Morgan fingerprint density at radius 3 is 1.48 bits per heavy atom. The number of aryl methyl sites for hydroxylation is 1. The zero-order valence-corrected chi connectivity index (χ0v) is 38.3. The molecule has 332 valence electrons. The number of hydrogen-bond acceptors (Lipinski definition) is 8. The van der Waals surface area contributed by atoms with Crippen molar-refractivity contribution in [3.63, 3.8) is 0 Å². The van der Waals surface area contributed by atoms with E-state index < -0.39 is 5.41 Å². The van der Waals surface area contributed by atoms with Crippen LogP contribution in [0.4, 0.5) is 0 Å². The number of hydrogen-bond donors (Lipinski definition) is 0. The molecule has 0 radical (unpaired) electrons. The number of nitriles is 1. The van der Waals surface area contributed by atoms with Gasteiger partial charge in [0.15, 0.2) is 34.9 Å². The van der Waals surface area contributed by atoms with Crippen LogP contribution >= 0.6 is 0 Å². The molecule has 8 heteroatoms. The molecule has 71 heavy (non-hydrogen) atoms. The van der Waals surface area contributed by atoms with Crippen LogP contribution in [0, 0.1) is 18.3 Å². The predicted octanol–water partition coefficient (Wildman–Crippen LogP) is 14.4. The van der Waals surface area contributed by atoms with E-state index in [1.165, 1.54) is 0 Å². The maximum absolute atomic E-state index is 9.42. The summed E-state index contributed by atoms with van der Waals surface area (Å²) in [4.78, 5) is 30.9. The van der Waals surface area contributed by atoms with Gasteiger partial charge in [-0.25, -0.2) is 29.9 Å². The highest BCUT2D eigenvalue weighted by atomic mass is 16.5. The number of ether oxygens (including phenoxy) is 1. The highest BCUT2D eigenvalue weighted by Gasteiger charge is 2.52. The molecule has 11 aromatic rings. The minimum Gasteiger partial charge on any atom is -0.457 e. The van der Waals surface area contributed by atoms with Crippen molar-refractivity contribution in [2.75, 3.05) is 0 Å². The van der Waals surface area contributed by atoms with Crippen LogP contribution in [0.1, 0.15) is 33.4 Å². The first kappa shape index (κ1) is 41.5. The third-order valence-electron chi connectivity index (χ3n) is 13.5. The van der Waals surface area contributed by atoms with Gasteiger partial charge in [0.05, 0.1) is 17.0 Å². The summed E-state index contributed by atoms with van der Waals surface area (Å²) in [6, 6.07) is 76.2. The van der Waals surface area contributed by atoms with Crippen LogP contribution in [-0.4, -0.2) is 29.9 Å². The topological polar surface area (TPSA) is 110 Å². The van der Waals surface area contributed by atoms with Gasteiger partial charge in [-0.05, 0) is 70.6 Å². The lowest BCUT2D eigenvalue weighted by molar-refractivity contribution is 0.436. The van der Waals surface area contributed by atoms with Crippen molar-refractivity contribution in [1.82, 2.24) is 29.9 Å². The lowest BCUT2D eigenvalue weighted by Crippen LogP contribution is -2.32. The van der Waals surface area contributed by atoms with Gasteiger partial charge in [0, 0.05) is 44.5 Å². The lowest BCUT2D eigenvalue weighted by atomic mass is 9.65. The second kappa shape index (κ2) is 16.8. The van der Waals surface area contributed by atoms with Gasteiger partial charge >= 0.3 is 0 Å². The summed E-state index contributed by atoms with van der Waals surface area (Å²) in [7, 11) is 0. The third-order valence-corrected chi connectivity index (χ3v) is 13.5. The molecule has 9 aromatic carbocycles. The Balaban J connectivity index is 1.00. The summed E-state index contributed by atoms with van der Waals surface area (Å²) in [6.45, 7) is 2.15. The average molecular weight is 910 g/mol. The molecule has 0 bridgehead atoms. The number of benzene rings is 9. The summed E-state index contributed by atoms with van der Waals surface area (Å²) >= 11 is 0. The molecule has 2 aromatic heterocycles. The van der Waals surface area contributed by atoms with E-state index in [4.69, 9.17) is 34.6 Å². The average Bonchev–Trinajstić information content (AvgIpc) is 3.73. The summed E-state index contributed by atoms with van der Waals surface area (Å²) in [5.74, 6) is 4.88. The van der Waals surface area contributed by atoms with Gasteiger partial charge in [0.1, 0.15) is 11.5 Å². The van der Waals surface area contributed by atoms with Crippen LogP contribution in [0.2, 0.25) is 0 Å². The first-order valence-electron chi connectivity index (χ1n) is 23.5. The monoisotopic (exact) mass is 909 g/mol. The van der Waals surface area contributed by atoms with Gasteiger partial charge in [-0.1, -0.05) is 194 Å².